The van der Waals surface area contributed by atoms with Crippen LogP contribution in [-0.2, 0) is 6.61 Å². The SMILES string of the molecule is COc1ccc(/C=C/C(=O)c2cccnc2)cc1COc1cc(C)ccc1[N+](=O)[O-]. The Labute approximate surface area is 173 Å². The highest BCUT2D eigenvalue weighted by atomic mass is 16.6. The monoisotopic (exact) mass is 404 g/mol. The molecule has 0 N–H and O–H groups in total. The second kappa shape index (κ2) is 9.47. The topological polar surface area (TPSA) is 91.6 Å². The maximum absolute atomic E-state index is 12.2. The number of carbonyl (C=O) groups is 1. The van der Waals surface area contributed by atoms with Gasteiger partial charge in [0.15, 0.2) is 11.5 Å². The Kier molecular flexibility index (Phi) is 6.54. The summed E-state index contributed by atoms with van der Waals surface area (Å²) in [4.78, 5) is 26.9. The van der Waals surface area contributed by atoms with Crippen LogP contribution in [-0.4, -0.2) is 22.8 Å². The Bertz CT molecular complexity index is 1090. The van der Waals surface area contributed by atoms with E-state index >= 15 is 0 Å². The number of pyridine rings is 1. The van der Waals surface area contributed by atoms with E-state index in [1.165, 1.54) is 25.4 Å². The van der Waals surface area contributed by atoms with E-state index in [2.05, 4.69) is 4.98 Å². The van der Waals surface area contributed by atoms with Crippen LogP contribution in [0.5, 0.6) is 11.5 Å². The van der Waals surface area contributed by atoms with Crippen molar-refractivity contribution in [3.05, 3.63) is 99.4 Å². The minimum Gasteiger partial charge on any atom is -0.496 e. The number of methoxy groups -OCH3 is 1. The number of allylic oxidation sites excluding steroid dienone is 1. The van der Waals surface area contributed by atoms with Gasteiger partial charge in [-0.15, -0.1) is 0 Å². The third-order valence-electron chi connectivity index (χ3n) is 4.37. The molecule has 0 amide bonds. The first-order chi connectivity index (χ1) is 14.5. The molecule has 0 radical (unpaired) electrons. The lowest BCUT2D eigenvalue weighted by Gasteiger charge is -2.12. The Balaban J connectivity index is 1.80. The number of rotatable bonds is 8. The second-order valence-corrected chi connectivity index (χ2v) is 6.53. The molecule has 0 saturated carbocycles. The molecule has 0 saturated heterocycles. The predicted molar refractivity (Wildman–Crippen MR) is 113 cm³/mol. The Hall–Kier alpha value is -4.00. The van der Waals surface area contributed by atoms with Crippen LogP contribution >= 0.6 is 0 Å². The summed E-state index contributed by atoms with van der Waals surface area (Å²) in [5.41, 5.74) is 2.72. The number of aryl methyl sites for hydroxylation is 1. The zero-order valence-corrected chi connectivity index (χ0v) is 16.6. The number of nitrogens with zero attached hydrogens (tertiary/aromatic N) is 2. The number of ketones is 1. The van der Waals surface area contributed by atoms with Gasteiger partial charge in [0, 0.05) is 29.6 Å². The van der Waals surface area contributed by atoms with Gasteiger partial charge in [0.05, 0.1) is 12.0 Å². The molecule has 0 aliphatic rings. The highest BCUT2D eigenvalue weighted by Crippen LogP contribution is 2.30. The average molecular weight is 404 g/mol. The number of ether oxygens (including phenoxy) is 2. The molecule has 0 aliphatic carbocycles. The maximum Gasteiger partial charge on any atom is 0.310 e. The number of nitro groups is 1. The van der Waals surface area contributed by atoms with E-state index in [4.69, 9.17) is 9.47 Å². The smallest absolute Gasteiger partial charge is 0.310 e. The van der Waals surface area contributed by atoms with Crippen molar-refractivity contribution < 1.29 is 19.2 Å². The van der Waals surface area contributed by atoms with E-state index in [1.807, 2.05) is 19.1 Å². The van der Waals surface area contributed by atoms with Gasteiger partial charge in [0.2, 0.25) is 0 Å². The molecule has 0 atom stereocenters. The Morgan fingerprint density at radius 3 is 2.70 bits per heavy atom. The molecule has 7 nitrogen and oxygen atoms in total. The quantitative estimate of drug-likeness (QED) is 0.232. The van der Waals surface area contributed by atoms with Crippen LogP contribution < -0.4 is 9.47 Å². The van der Waals surface area contributed by atoms with Crippen molar-refractivity contribution in [3.63, 3.8) is 0 Å². The first-order valence-electron chi connectivity index (χ1n) is 9.15. The summed E-state index contributed by atoms with van der Waals surface area (Å²) in [6.45, 7) is 1.91. The minimum atomic E-state index is -0.477. The number of carbonyl (C=O) groups excluding carboxylic acids is 1. The first-order valence-corrected chi connectivity index (χ1v) is 9.15. The van der Waals surface area contributed by atoms with Crippen molar-refractivity contribution in [2.24, 2.45) is 0 Å². The van der Waals surface area contributed by atoms with Crippen LogP contribution in [0, 0.1) is 17.0 Å². The van der Waals surface area contributed by atoms with Gasteiger partial charge in [-0.1, -0.05) is 18.2 Å². The summed E-state index contributed by atoms with van der Waals surface area (Å²) < 4.78 is 11.1. The van der Waals surface area contributed by atoms with E-state index in [-0.39, 0.29) is 23.8 Å². The molecule has 7 heteroatoms. The van der Waals surface area contributed by atoms with Gasteiger partial charge in [-0.05, 0) is 54.5 Å². The zero-order chi connectivity index (χ0) is 21.5. The van der Waals surface area contributed by atoms with Gasteiger partial charge >= 0.3 is 5.69 Å². The molecular weight excluding hydrogens is 384 g/mol. The third kappa shape index (κ3) is 5.08. The van der Waals surface area contributed by atoms with Crippen LogP contribution in [0.2, 0.25) is 0 Å². The van der Waals surface area contributed by atoms with Gasteiger partial charge < -0.3 is 9.47 Å². The first kappa shape index (κ1) is 20.7. The highest BCUT2D eigenvalue weighted by Gasteiger charge is 2.16. The van der Waals surface area contributed by atoms with Crippen molar-refractivity contribution in [1.82, 2.24) is 4.98 Å². The molecule has 0 unspecified atom stereocenters. The highest BCUT2D eigenvalue weighted by molar-refractivity contribution is 6.06. The molecule has 1 heterocycles. The van der Waals surface area contributed by atoms with Crippen LogP contribution in [0.15, 0.2) is 67.0 Å². The predicted octanol–water partition coefficient (Wildman–Crippen LogP) is 4.78. The fraction of sp³-hybridized carbons (Fsp3) is 0.130. The van der Waals surface area contributed by atoms with Crippen LogP contribution in [0.4, 0.5) is 5.69 Å². The maximum atomic E-state index is 12.2. The van der Waals surface area contributed by atoms with E-state index in [0.29, 0.717) is 16.9 Å². The Morgan fingerprint density at radius 2 is 2.00 bits per heavy atom. The van der Waals surface area contributed by atoms with E-state index in [0.717, 1.165) is 11.1 Å². The van der Waals surface area contributed by atoms with Crippen molar-refractivity contribution in [2.75, 3.05) is 7.11 Å². The Morgan fingerprint density at radius 1 is 1.17 bits per heavy atom. The van der Waals surface area contributed by atoms with Gasteiger partial charge in [-0.2, -0.15) is 0 Å². The summed E-state index contributed by atoms with van der Waals surface area (Å²) >= 11 is 0. The van der Waals surface area contributed by atoms with Crippen LogP contribution in [0.1, 0.15) is 27.0 Å². The largest absolute Gasteiger partial charge is 0.496 e. The molecule has 0 fully saturated rings. The molecule has 0 spiro atoms. The number of benzene rings is 2. The van der Waals surface area contributed by atoms with E-state index in [1.54, 1.807) is 42.6 Å². The summed E-state index contributed by atoms with van der Waals surface area (Å²) in [5, 5.41) is 11.2. The number of nitro benzene ring substituents is 1. The molecule has 2 aromatic carbocycles. The second-order valence-electron chi connectivity index (χ2n) is 6.53. The summed E-state index contributed by atoms with van der Waals surface area (Å²) in [6, 6.07) is 13.5. The van der Waals surface area contributed by atoms with Crippen molar-refractivity contribution in [2.45, 2.75) is 13.5 Å². The van der Waals surface area contributed by atoms with Crippen LogP contribution in [0.3, 0.4) is 0 Å². The van der Waals surface area contributed by atoms with Gasteiger partial charge in [-0.3, -0.25) is 19.9 Å². The summed E-state index contributed by atoms with van der Waals surface area (Å²) in [7, 11) is 1.54. The minimum absolute atomic E-state index is 0.0751. The molecule has 30 heavy (non-hydrogen) atoms. The fourth-order valence-electron chi connectivity index (χ4n) is 2.83. The van der Waals surface area contributed by atoms with Gasteiger partial charge in [0.1, 0.15) is 12.4 Å². The summed E-state index contributed by atoms with van der Waals surface area (Å²) in [6.07, 6.45) is 6.27. The lowest BCUT2D eigenvalue weighted by atomic mass is 10.1. The van der Waals surface area contributed by atoms with Crippen molar-refractivity contribution >= 4 is 17.5 Å². The lowest BCUT2D eigenvalue weighted by Crippen LogP contribution is -2.02. The molecular formula is C23H20N2O5. The standard InChI is InChI=1S/C23H20N2O5/c1-16-5-8-20(25(27)28)23(12-16)30-15-19-13-17(7-10-22(19)29-2)6-9-21(26)18-4-3-11-24-14-18/h3-14H,15H2,1-2H3/b9-6+. The fourth-order valence-corrected chi connectivity index (χ4v) is 2.83. The molecule has 3 rings (SSSR count). The van der Waals surface area contributed by atoms with Gasteiger partial charge in [-0.25, -0.2) is 0 Å². The van der Waals surface area contributed by atoms with Crippen molar-refractivity contribution in [3.8, 4) is 11.5 Å². The molecule has 3 aromatic rings. The number of hydrogen-bond donors (Lipinski definition) is 0. The number of hydrogen-bond acceptors (Lipinski definition) is 6. The van der Waals surface area contributed by atoms with E-state index < -0.39 is 4.92 Å². The third-order valence-corrected chi connectivity index (χ3v) is 4.37. The molecule has 0 aliphatic heterocycles. The average Bonchev–Trinajstić information content (AvgIpc) is 2.76. The summed E-state index contributed by atoms with van der Waals surface area (Å²) in [5.74, 6) is 0.614. The lowest BCUT2D eigenvalue weighted by molar-refractivity contribution is -0.386. The zero-order valence-electron chi connectivity index (χ0n) is 16.6. The molecule has 0 bridgehead atoms. The normalized spacial score (nSPS) is 10.7. The number of aromatic nitrogens is 1. The van der Waals surface area contributed by atoms with E-state index in [9.17, 15) is 14.9 Å². The van der Waals surface area contributed by atoms with Crippen LogP contribution in [0.25, 0.3) is 6.08 Å². The molecule has 1 aromatic heterocycles. The van der Waals surface area contributed by atoms with Crippen molar-refractivity contribution in [1.29, 1.82) is 0 Å². The van der Waals surface area contributed by atoms with Gasteiger partial charge in [0.25, 0.3) is 0 Å². The molecule has 152 valence electrons.